The molecule has 1 rings (SSSR count). The van der Waals surface area contributed by atoms with E-state index in [0.717, 1.165) is 57.8 Å². The number of ether oxygens (including phenoxy) is 7. The van der Waals surface area contributed by atoms with Gasteiger partial charge < -0.3 is 53.8 Å². The first-order chi connectivity index (χ1) is 37.3. The molecule has 2 unspecified atom stereocenters. The largest absolute Gasteiger partial charge is 0.481 e. The average Bonchev–Trinajstić information content (AvgIpc) is 3.42. The molecule has 0 aromatic heterocycles. The van der Waals surface area contributed by atoms with Crippen molar-refractivity contribution in [3.05, 3.63) is 35.4 Å². The van der Waals surface area contributed by atoms with Gasteiger partial charge in [0.05, 0.1) is 65.3 Å². The van der Waals surface area contributed by atoms with E-state index >= 15 is 0 Å². The van der Waals surface area contributed by atoms with Crippen LogP contribution in [-0.4, -0.2) is 128 Å². The first kappa shape index (κ1) is 78.4. The smallest absolute Gasteiger partial charge is 0.407 e. The van der Waals surface area contributed by atoms with Crippen molar-refractivity contribution in [2.45, 2.75) is 213 Å². The highest BCUT2D eigenvalue weighted by Crippen LogP contribution is 2.24. The van der Waals surface area contributed by atoms with E-state index < -0.39 is 51.8 Å². The first-order valence-corrected chi connectivity index (χ1v) is 28.5. The summed E-state index contributed by atoms with van der Waals surface area (Å²) < 4.78 is 35.5. The fourth-order valence-electron chi connectivity index (χ4n) is 5.71. The molecule has 20 nitrogen and oxygen atoms in total. The second-order valence-corrected chi connectivity index (χ2v) is 22.0. The molecule has 0 aliphatic heterocycles. The molecule has 462 valence electrons. The van der Waals surface area contributed by atoms with Crippen molar-refractivity contribution in [1.29, 1.82) is 0 Å². The molecule has 0 fully saturated rings. The van der Waals surface area contributed by atoms with Gasteiger partial charge in [0.15, 0.2) is 0 Å². The maximum absolute atomic E-state index is 11.8. The molecule has 2 atom stereocenters. The molecule has 1 aromatic rings. The molecule has 4 N–H and O–H groups in total. The second-order valence-electron chi connectivity index (χ2n) is 22.0. The zero-order valence-electron chi connectivity index (χ0n) is 51.3. The number of hydrogen-bond donors (Lipinski definition) is 4. The molecule has 0 heterocycles. The van der Waals surface area contributed by atoms with E-state index in [2.05, 4.69) is 19.2 Å². The number of aliphatic carboxylic acids is 1. The number of carboxylic acid groups (broad SMARTS) is 2. The molecule has 0 saturated carbocycles. The zero-order valence-corrected chi connectivity index (χ0v) is 51.3. The third kappa shape index (κ3) is 38.7. The van der Waals surface area contributed by atoms with Crippen LogP contribution in [0, 0.1) is 27.6 Å². The summed E-state index contributed by atoms with van der Waals surface area (Å²) >= 11 is 0. The van der Waals surface area contributed by atoms with Gasteiger partial charge in [-0.15, -0.1) is 0 Å². The van der Waals surface area contributed by atoms with E-state index in [1.807, 2.05) is 69.2 Å². The predicted octanol–water partition coefficient (Wildman–Crippen LogP) is 11.5. The molecule has 0 saturated heterocycles. The van der Waals surface area contributed by atoms with Crippen LogP contribution in [0.1, 0.15) is 227 Å². The number of esters is 6. The number of aromatic carboxylic acids is 1. The van der Waals surface area contributed by atoms with Gasteiger partial charge in [0.2, 0.25) is 0 Å². The minimum atomic E-state index is -1.20. The fraction of sp³-hybridized carbons (Fsp3) is 0.750. The molecule has 1 amide bonds. The van der Waals surface area contributed by atoms with Crippen LogP contribution in [0.25, 0.3) is 0 Å². The Kier molecular flexibility index (Phi) is 43.1. The third-order valence-corrected chi connectivity index (χ3v) is 13.3. The zero-order chi connectivity index (χ0) is 62.0. The monoisotopic (exact) mass is 1140 g/mol. The molecular weight excluding hydrogens is 1040 g/mol. The van der Waals surface area contributed by atoms with Crippen LogP contribution < -0.4 is 5.32 Å². The molecule has 0 radical (unpaired) electrons. The van der Waals surface area contributed by atoms with Gasteiger partial charge in [-0.2, -0.15) is 0 Å². The summed E-state index contributed by atoms with van der Waals surface area (Å²) in [5, 5.41) is 28.8. The second kappa shape index (κ2) is 43.9. The van der Waals surface area contributed by atoms with Crippen LogP contribution >= 0.6 is 0 Å². The van der Waals surface area contributed by atoms with Gasteiger partial charge in [-0.25, -0.2) is 14.4 Å². The third-order valence-electron chi connectivity index (χ3n) is 13.3. The van der Waals surface area contributed by atoms with Crippen LogP contribution in [-0.2, 0) is 61.9 Å². The lowest BCUT2D eigenvalue weighted by Gasteiger charge is -2.20. The van der Waals surface area contributed by atoms with E-state index in [-0.39, 0.29) is 80.4 Å². The number of aliphatic hydroxyl groups is 1. The van der Waals surface area contributed by atoms with Crippen molar-refractivity contribution in [1.82, 2.24) is 5.32 Å². The average molecular weight is 1140 g/mol. The Morgan fingerprint density at radius 2 is 0.938 bits per heavy atom. The normalized spacial score (nSPS) is 11.9. The SMILES string of the molecule is CCC(C)(C)C(=O)OCC(C)O.CCC(C)(C)C(=O)OCCCCCC(=O)O.CCC(C)(C)C(=O)OCCOC(=O)c1ccccc1C(=O)O.CCCCC(CC)COC(=O)CCCCCOC(=O)NCCOC(=O)C(C)(C)CC. The molecule has 0 spiro atoms. The summed E-state index contributed by atoms with van der Waals surface area (Å²) in [6, 6.07) is 5.77. The Bertz CT molecular complexity index is 1960. The number of alkyl carbamates (subject to hydrolysis) is 1. The first-order valence-electron chi connectivity index (χ1n) is 28.5. The van der Waals surface area contributed by atoms with Gasteiger partial charge in [0.25, 0.3) is 0 Å². The maximum atomic E-state index is 11.8. The van der Waals surface area contributed by atoms with E-state index in [1.54, 1.807) is 26.8 Å². The topological polar surface area (TPSA) is 291 Å². The fourth-order valence-corrected chi connectivity index (χ4v) is 5.71. The maximum Gasteiger partial charge on any atom is 0.407 e. The number of hydrogen-bond acceptors (Lipinski definition) is 17. The lowest BCUT2D eigenvalue weighted by atomic mass is 9.91. The van der Waals surface area contributed by atoms with Crippen molar-refractivity contribution < 1.29 is 91.6 Å². The van der Waals surface area contributed by atoms with E-state index in [4.69, 9.17) is 48.5 Å². The molecule has 0 aliphatic rings. The van der Waals surface area contributed by atoms with Gasteiger partial charge in [0, 0.05) is 12.8 Å². The summed E-state index contributed by atoms with van der Waals surface area (Å²) in [6.45, 7) is 29.6. The van der Waals surface area contributed by atoms with Crippen molar-refractivity contribution in [2.24, 2.45) is 27.6 Å². The van der Waals surface area contributed by atoms with Crippen LogP contribution in [0.15, 0.2) is 24.3 Å². The minimum absolute atomic E-state index is 0.0322. The number of carbonyl (C=O) groups excluding carboxylic acids is 7. The van der Waals surface area contributed by atoms with Gasteiger partial charge in [-0.3, -0.25) is 28.8 Å². The predicted molar refractivity (Wildman–Crippen MR) is 304 cm³/mol. The number of aliphatic hydroxyl groups excluding tert-OH is 1. The minimum Gasteiger partial charge on any atom is -0.481 e. The summed E-state index contributed by atoms with van der Waals surface area (Å²) in [7, 11) is 0. The number of nitrogens with one attached hydrogen (secondary N) is 1. The number of benzene rings is 1. The van der Waals surface area contributed by atoms with Crippen LogP contribution in [0.4, 0.5) is 4.79 Å². The summed E-state index contributed by atoms with van der Waals surface area (Å²) in [5.41, 5.74) is -2.11. The van der Waals surface area contributed by atoms with Crippen molar-refractivity contribution in [2.75, 3.05) is 52.8 Å². The number of carbonyl (C=O) groups is 9. The highest BCUT2D eigenvalue weighted by molar-refractivity contribution is 6.02. The Morgan fingerprint density at radius 1 is 0.500 bits per heavy atom. The summed E-state index contributed by atoms with van der Waals surface area (Å²) in [6.07, 6.45) is 11.1. The number of rotatable bonds is 36. The Balaban J connectivity index is -0.00000104. The van der Waals surface area contributed by atoms with E-state index in [1.165, 1.54) is 24.6 Å². The molecular formula is C60H103NO19. The Hall–Kier alpha value is -5.79. The number of carboxylic acids is 2. The quantitative estimate of drug-likeness (QED) is 0.0276. The molecule has 0 aliphatic carbocycles. The van der Waals surface area contributed by atoms with Gasteiger partial charge in [-0.1, -0.05) is 72.9 Å². The lowest BCUT2D eigenvalue weighted by molar-refractivity contribution is -0.157. The van der Waals surface area contributed by atoms with Gasteiger partial charge in [0.1, 0.15) is 26.4 Å². The summed E-state index contributed by atoms with van der Waals surface area (Å²) in [5.74, 6) is -3.48. The van der Waals surface area contributed by atoms with Gasteiger partial charge in [-0.05, 0) is 151 Å². The highest BCUT2D eigenvalue weighted by atomic mass is 16.6. The molecule has 80 heavy (non-hydrogen) atoms. The highest BCUT2D eigenvalue weighted by Gasteiger charge is 2.30. The van der Waals surface area contributed by atoms with Crippen LogP contribution in [0.5, 0.6) is 0 Å². The standard InChI is InChI=1S/C23H43NO6.C16H20O6.C12H22O4.C9H18O3/c1-6-9-13-19(7-2)18-30-20(25)14-11-10-12-16-29-22(27)24-15-17-28-21(26)23(4,5)8-3;1-4-16(2,3)15(20)22-10-9-21-14(19)12-8-6-5-7-11(12)13(17)18;1-4-12(2,3)11(15)16-9-7-5-6-8-10(13)14;1-5-9(3,4)8(11)12-6-7(2)10/h19H,6-18H2,1-5H3,(H,24,27);5-8H,4,9-10H2,1-3H3,(H,17,18);4-9H2,1-3H3,(H,13,14);7,10H,5-6H2,1-4H3. The Labute approximate surface area is 477 Å². The van der Waals surface area contributed by atoms with Crippen molar-refractivity contribution in [3.8, 4) is 0 Å². The van der Waals surface area contributed by atoms with Crippen LogP contribution in [0.2, 0.25) is 0 Å². The van der Waals surface area contributed by atoms with E-state index in [0.29, 0.717) is 57.8 Å². The van der Waals surface area contributed by atoms with Crippen molar-refractivity contribution in [3.63, 3.8) is 0 Å². The number of unbranched alkanes of at least 4 members (excludes halogenated alkanes) is 5. The lowest BCUT2D eigenvalue weighted by Crippen LogP contribution is -2.32. The molecule has 0 bridgehead atoms. The van der Waals surface area contributed by atoms with Crippen molar-refractivity contribution >= 4 is 53.8 Å². The van der Waals surface area contributed by atoms with Gasteiger partial charge >= 0.3 is 53.8 Å². The number of amides is 1. The van der Waals surface area contributed by atoms with E-state index in [9.17, 15) is 43.2 Å². The Morgan fingerprint density at radius 3 is 1.39 bits per heavy atom. The summed E-state index contributed by atoms with van der Waals surface area (Å²) in [4.78, 5) is 103. The molecule has 1 aromatic carbocycles. The van der Waals surface area contributed by atoms with Crippen LogP contribution in [0.3, 0.4) is 0 Å². The molecule has 20 heteroatoms.